The van der Waals surface area contributed by atoms with E-state index in [1.807, 2.05) is 12.1 Å². The van der Waals surface area contributed by atoms with Crippen molar-refractivity contribution in [1.82, 2.24) is 0 Å². The Bertz CT molecular complexity index is 685. The molecule has 0 saturated carbocycles. The number of halogens is 2. The van der Waals surface area contributed by atoms with Crippen molar-refractivity contribution in [1.29, 1.82) is 0 Å². The van der Waals surface area contributed by atoms with Crippen LogP contribution in [-0.4, -0.2) is 9.52 Å². The maximum Gasteiger partial charge on any atom is 4.00 e. The van der Waals surface area contributed by atoms with Crippen LogP contribution in [0.1, 0.15) is 24.0 Å². The van der Waals surface area contributed by atoms with Crippen LogP contribution in [0.4, 0.5) is 0 Å². The summed E-state index contributed by atoms with van der Waals surface area (Å²) in [5.41, 5.74) is 4.98. The van der Waals surface area contributed by atoms with Gasteiger partial charge >= 0.3 is 25.8 Å². The van der Waals surface area contributed by atoms with E-state index in [0.717, 1.165) is 22.4 Å². The fourth-order valence-corrected chi connectivity index (χ4v) is 2.44. The first-order valence-electron chi connectivity index (χ1n) is 8.74. The van der Waals surface area contributed by atoms with Gasteiger partial charge in [0.1, 0.15) is 0 Å². The van der Waals surface area contributed by atoms with Gasteiger partial charge in [-0.2, -0.15) is 35.5 Å². The minimum absolute atomic E-state index is 0. The average Bonchev–Trinajstić information content (AvgIpc) is 3.39. The summed E-state index contributed by atoms with van der Waals surface area (Å²) in [6, 6.07) is 20.7. The van der Waals surface area contributed by atoms with E-state index >= 15 is 0 Å². The molecule has 0 aromatic heterocycles. The normalized spacial score (nSPS) is 12.5. The Morgan fingerprint density at radius 2 is 0.964 bits per heavy atom. The molecule has 0 saturated heterocycles. The molecule has 2 aromatic rings. The van der Waals surface area contributed by atoms with Crippen molar-refractivity contribution in [2.24, 2.45) is 0 Å². The van der Waals surface area contributed by atoms with Crippen LogP contribution in [0, 0.1) is 12.2 Å². The molecule has 0 atom stereocenters. The smallest absolute Gasteiger partial charge is 1.00 e. The van der Waals surface area contributed by atoms with Gasteiger partial charge in [0.2, 0.25) is 0 Å². The zero-order valence-corrected chi connectivity index (χ0v) is 22.6. The second kappa shape index (κ2) is 18.1. The van der Waals surface area contributed by atoms with Crippen molar-refractivity contribution in [2.45, 2.75) is 25.9 Å². The van der Waals surface area contributed by atoms with E-state index in [-0.39, 0.29) is 50.7 Å². The zero-order valence-electron chi connectivity index (χ0n) is 16.3. The van der Waals surface area contributed by atoms with Crippen LogP contribution in [0.5, 0.6) is 0 Å². The molecule has 4 heteroatoms. The van der Waals surface area contributed by atoms with Gasteiger partial charge in [-0.25, -0.2) is 0 Å². The summed E-state index contributed by atoms with van der Waals surface area (Å²) in [6.45, 7) is 4.42. The predicted molar refractivity (Wildman–Crippen MR) is 113 cm³/mol. The van der Waals surface area contributed by atoms with Crippen LogP contribution < -0.4 is 24.8 Å². The van der Waals surface area contributed by atoms with E-state index < -0.39 is 0 Å². The molecule has 0 fully saturated rings. The Balaban J connectivity index is 0. The molecule has 0 spiro atoms. The average molecular weight is 591 g/mol. The molecule has 0 heterocycles. The molecule has 2 aliphatic carbocycles. The first kappa shape index (κ1) is 29.3. The first-order valence-corrected chi connectivity index (χ1v) is 11.1. The number of allylic oxidation sites excluding steroid dienone is 8. The molecule has 2 aliphatic rings. The Morgan fingerprint density at radius 3 is 1.21 bits per heavy atom. The molecule has 0 nitrogen and oxygen atoms in total. The second-order valence-electron chi connectivity index (χ2n) is 5.70. The Morgan fingerprint density at radius 1 is 0.643 bits per heavy atom. The molecule has 0 N–H and O–H groups in total. The summed E-state index contributed by atoms with van der Waals surface area (Å²) in [5.74, 6) is 0. The molecular formula is C24H25Cl2HfSi. The van der Waals surface area contributed by atoms with E-state index in [9.17, 15) is 0 Å². The van der Waals surface area contributed by atoms with E-state index in [0.29, 0.717) is 0 Å². The van der Waals surface area contributed by atoms with Crippen LogP contribution in [0.15, 0.2) is 85.0 Å². The SMILES string of the molecule is C[SiH]C.[C-]1=C(c2ccccc2)C=CC1.[C-]1=C(c2ccccc2)C=CC1.[Cl-].[Cl-].[Hf+4]. The quantitative estimate of drug-likeness (QED) is 0.346. The number of hydrogen-bond acceptors (Lipinski definition) is 0. The van der Waals surface area contributed by atoms with E-state index in [4.69, 9.17) is 0 Å². The van der Waals surface area contributed by atoms with E-state index in [1.54, 1.807) is 0 Å². The number of hydrogen-bond donors (Lipinski definition) is 0. The molecular weight excluding hydrogens is 566 g/mol. The Labute approximate surface area is 204 Å². The summed E-state index contributed by atoms with van der Waals surface area (Å²) >= 11 is 0. The van der Waals surface area contributed by atoms with Gasteiger partial charge < -0.3 is 24.8 Å². The topological polar surface area (TPSA) is 0 Å². The maximum absolute atomic E-state index is 3.28. The van der Waals surface area contributed by atoms with Crippen molar-refractivity contribution in [2.75, 3.05) is 0 Å². The third-order valence-corrected chi connectivity index (χ3v) is 3.56. The first-order chi connectivity index (χ1) is 12.3. The van der Waals surface area contributed by atoms with Crippen LogP contribution in [0.25, 0.3) is 11.1 Å². The van der Waals surface area contributed by atoms with Crippen molar-refractivity contribution in [3.8, 4) is 0 Å². The molecule has 0 amide bonds. The van der Waals surface area contributed by atoms with Gasteiger partial charge in [-0.1, -0.05) is 62.3 Å². The number of rotatable bonds is 2. The van der Waals surface area contributed by atoms with Gasteiger partial charge in [0, 0.05) is 9.52 Å². The third kappa shape index (κ3) is 10.6. The fraction of sp³-hybridized carbons (Fsp3) is 0.167. The van der Waals surface area contributed by atoms with Gasteiger partial charge in [0.15, 0.2) is 0 Å². The van der Waals surface area contributed by atoms with Crippen molar-refractivity contribution < 1.29 is 50.7 Å². The van der Waals surface area contributed by atoms with Crippen molar-refractivity contribution in [3.05, 3.63) is 108 Å². The molecule has 0 unspecified atom stereocenters. The fourth-order valence-electron chi connectivity index (χ4n) is 2.44. The Hall–Kier alpha value is -0.933. The Kier molecular flexibility index (Phi) is 18.9. The van der Waals surface area contributed by atoms with Crippen LogP contribution in [0.3, 0.4) is 0 Å². The van der Waals surface area contributed by atoms with Crippen LogP contribution in [0.2, 0.25) is 13.1 Å². The molecule has 143 valence electrons. The molecule has 28 heavy (non-hydrogen) atoms. The summed E-state index contributed by atoms with van der Waals surface area (Å²) in [4.78, 5) is 0. The van der Waals surface area contributed by atoms with Crippen LogP contribution in [-0.2, 0) is 25.8 Å². The summed E-state index contributed by atoms with van der Waals surface area (Å²) in [6.07, 6.45) is 17.0. The standard InChI is InChI=1S/2C11H9.C2H7Si.2ClH.Hf/c2*1-2-6-10(7-3-1)11-8-4-5-9-11;1-3-2;;;/h2*1-4,6-8H,5H2;3H,1-2H3;2*1H;/q2*-1;;;;+4/p-2. The predicted octanol–water partition coefficient (Wildman–Crippen LogP) is 0.191. The summed E-state index contributed by atoms with van der Waals surface area (Å²) < 4.78 is 0. The molecule has 0 aliphatic heterocycles. The van der Waals surface area contributed by atoms with E-state index in [2.05, 4.69) is 98.1 Å². The second-order valence-corrected chi connectivity index (χ2v) is 6.86. The van der Waals surface area contributed by atoms with Gasteiger partial charge in [0.05, 0.1) is 0 Å². The minimum Gasteiger partial charge on any atom is -1.00 e. The largest absolute Gasteiger partial charge is 4.00 e. The minimum atomic E-state index is 0. The monoisotopic (exact) mass is 591 g/mol. The van der Waals surface area contributed by atoms with Crippen molar-refractivity contribution in [3.63, 3.8) is 0 Å². The van der Waals surface area contributed by atoms with Gasteiger partial charge in [-0.15, -0.1) is 47.5 Å². The summed E-state index contributed by atoms with van der Waals surface area (Å²) in [5, 5.41) is 0. The van der Waals surface area contributed by atoms with Crippen LogP contribution >= 0.6 is 0 Å². The molecule has 4 rings (SSSR count). The number of benzene rings is 2. The van der Waals surface area contributed by atoms with E-state index in [1.165, 1.54) is 22.3 Å². The summed E-state index contributed by atoms with van der Waals surface area (Å²) in [7, 11) is 0.750. The maximum atomic E-state index is 3.28. The van der Waals surface area contributed by atoms with Gasteiger partial charge in [-0.3, -0.25) is 0 Å². The molecule has 2 aromatic carbocycles. The zero-order chi connectivity index (χ0) is 17.7. The molecule has 1 radical (unpaired) electrons. The van der Waals surface area contributed by atoms with Gasteiger partial charge in [-0.05, 0) is 0 Å². The molecule has 0 bridgehead atoms. The van der Waals surface area contributed by atoms with Crippen molar-refractivity contribution >= 4 is 20.7 Å². The third-order valence-electron chi connectivity index (χ3n) is 3.56. The van der Waals surface area contributed by atoms with Gasteiger partial charge in [0.25, 0.3) is 0 Å².